The molecule has 6 nitrogen and oxygen atoms in total. The summed E-state index contributed by atoms with van der Waals surface area (Å²) in [6.07, 6.45) is -4.04. The number of rotatable bonds is 4. The molecule has 0 unspecified atom stereocenters. The first-order valence-corrected chi connectivity index (χ1v) is 8.26. The highest BCUT2D eigenvalue weighted by molar-refractivity contribution is 6.30. The van der Waals surface area contributed by atoms with Crippen LogP contribution < -0.4 is 10.6 Å². The topological polar surface area (TPSA) is 76.0 Å². The molecule has 1 heterocycles. The number of carbonyl (C=O) groups is 2. The summed E-state index contributed by atoms with van der Waals surface area (Å²) in [5.74, 6) is -1.58. The Morgan fingerprint density at radius 1 is 1.22 bits per heavy atom. The van der Waals surface area contributed by atoms with Crippen LogP contribution in [0.3, 0.4) is 0 Å². The molecule has 0 saturated carbocycles. The van der Waals surface area contributed by atoms with E-state index in [1.807, 2.05) is 0 Å². The lowest BCUT2D eigenvalue weighted by Crippen LogP contribution is -2.46. The van der Waals surface area contributed by atoms with Crippen LogP contribution in [0.5, 0.6) is 0 Å². The van der Waals surface area contributed by atoms with Gasteiger partial charge < -0.3 is 10.6 Å². The smallest absolute Gasteiger partial charge is 0.350 e. The van der Waals surface area contributed by atoms with Gasteiger partial charge in [0.1, 0.15) is 0 Å². The third-order valence-corrected chi connectivity index (χ3v) is 3.49. The van der Waals surface area contributed by atoms with Crippen molar-refractivity contribution in [3.8, 4) is 5.69 Å². The fraction of sp³-hybridized carbons (Fsp3) is 0.353. The van der Waals surface area contributed by atoms with E-state index in [0.29, 0.717) is 4.68 Å². The van der Waals surface area contributed by atoms with Crippen LogP contribution in [-0.4, -0.2) is 33.7 Å². The molecular formula is C17H18ClF3N4O2. The number of carbonyl (C=O) groups excluding carboxylic acids is 2. The summed E-state index contributed by atoms with van der Waals surface area (Å²) in [5.41, 5.74) is -2.42. The molecule has 0 bridgehead atoms. The van der Waals surface area contributed by atoms with Crippen molar-refractivity contribution in [3.05, 3.63) is 46.7 Å². The van der Waals surface area contributed by atoms with Crippen LogP contribution in [0.4, 0.5) is 13.2 Å². The van der Waals surface area contributed by atoms with E-state index >= 15 is 0 Å². The van der Waals surface area contributed by atoms with Crippen molar-refractivity contribution in [3.63, 3.8) is 0 Å². The van der Waals surface area contributed by atoms with E-state index in [2.05, 4.69) is 15.7 Å². The lowest BCUT2D eigenvalue weighted by atomic mass is 10.1. The first kappa shape index (κ1) is 20.8. The van der Waals surface area contributed by atoms with E-state index in [1.54, 1.807) is 20.8 Å². The van der Waals surface area contributed by atoms with Gasteiger partial charge in [-0.05, 0) is 39.0 Å². The summed E-state index contributed by atoms with van der Waals surface area (Å²) in [4.78, 5) is 24.0. The fourth-order valence-electron chi connectivity index (χ4n) is 2.31. The molecule has 1 aromatic heterocycles. The highest BCUT2D eigenvalue weighted by atomic mass is 35.5. The average Bonchev–Trinajstić information content (AvgIpc) is 2.96. The second kappa shape index (κ2) is 7.59. The summed E-state index contributed by atoms with van der Waals surface area (Å²) >= 11 is 5.82. The van der Waals surface area contributed by atoms with E-state index in [9.17, 15) is 22.8 Å². The van der Waals surface area contributed by atoms with Gasteiger partial charge in [-0.3, -0.25) is 9.59 Å². The lowest BCUT2D eigenvalue weighted by Gasteiger charge is -2.20. The number of halogens is 4. The van der Waals surface area contributed by atoms with Gasteiger partial charge in [-0.1, -0.05) is 17.7 Å². The molecule has 0 fully saturated rings. The van der Waals surface area contributed by atoms with Crippen LogP contribution in [0, 0.1) is 0 Å². The third kappa shape index (κ3) is 5.46. The molecule has 0 saturated heterocycles. The van der Waals surface area contributed by atoms with E-state index in [1.165, 1.54) is 24.3 Å². The van der Waals surface area contributed by atoms with Gasteiger partial charge in [-0.15, -0.1) is 0 Å². The number of aromatic nitrogens is 2. The maximum atomic E-state index is 13.6. The zero-order valence-electron chi connectivity index (χ0n) is 14.8. The first-order chi connectivity index (χ1) is 12.4. The van der Waals surface area contributed by atoms with Crippen molar-refractivity contribution in [2.24, 2.45) is 0 Å². The number of hydrogen-bond acceptors (Lipinski definition) is 3. The maximum Gasteiger partial charge on any atom is 0.434 e. The number of benzene rings is 1. The summed E-state index contributed by atoms with van der Waals surface area (Å²) in [5, 5.41) is 8.68. The van der Waals surface area contributed by atoms with Crippen molar-refractivity contribution in [1.82, 2.24) is 20.4 Å². The van der Waals surface area contributed by atoms with E-state index < -0.39 is 41.3 Å². The van der Waals surface area contributed by atoms with Gasteiger partial charge in [-0.2, -0.15) is 18.3 Å². The minimum atomic E-state index is -4.85. The Labute approximate surface area is 158 Å². The quantitative estimate of drug-likeness (QED) is 0.824. The molecule has 0 spiro atoms. The van der Waals surface area contributed by atoms with Crippen LogP contribution in [0.1, 0.15) is 36.8 Å². The summed E-state index contributed by atoms with van der Waals surface area (Å²) in [6, 6.07) is 5.65. The Hall–Kier alpha value is -2.55. The first-order valence-electron chi connectivity index (χ1n) is 7.89. The fourth-order valence-corrected chi connectivity index (χ4v) is 2.49. The molecule has 1 aromatic carbocycles. The molecule has 0 aliphatic rings. The molecular weight excluding hydrogens is 385 g/mol. The number of amides is 2. The molecule has 0 aliphatic heterocycles. The largest absolute Gasteiger partial charge is 0.434 e. The second-order valence-corrected chi connectivity index (χ2v) is 7.21. The van der Waals surface area contributed by atoms with Gasteiger partial charge in [0.25, 0.3) is 5.91 Å². The molecule has 0 atom stereocenters. The van der Waals surface area contributed by atoms with Gasteiger partial charge in [0.15, 0.2) is 5.69 Å². The van der Waals surface area contributed by atoms with Crippen molar-refractivity contribution in [2.75, 3.05) is 6.54 Å². The molecule has 27 heavy (non-hydrogen) atoms. The zero-order chi connectivity index (χ0) is 20.4. The Balaban J connectivity index is 2.29. The summed E-state index contributed by atoms with van der Waals surface area (Å²) in [7, 11) is 0. The SMILES string of the molecule is CC(C)(C)NC(=O)CNC(=O)c1cnn(-c2cccc(Cl)c2)c1C(F)(F)F. The molecule has 2 amide bonds. The van der Waals surface area contributed by atoms with E-state index in [-0.39, 0.29) is 10.7 Å². The van der Waals surface area contributed by atoms with Crippen LogP contribution in [0.25, 0.3) is 5.69 Å². The number of nitrogens with zero attached hydrogens (tertiary/aromatic N) is 2. The maximum absolute atomic E-state index is 13.6. The lowest BCUT2D eigenvalue weighted by molar-refractivity contribution is -0.143. The Bertz CT molecular complexity index is 857. The number of alkyl halides is 3. The van der Waals surface area contributed by atoms with Gasteiger partial charge in [0, 0.05) is 10.6 Å². The van der Waals surface area contributed by atoms with Gasteiger partial charge in [-0.25, -0.2) is 4.68 Å². The number of hydrogen-bond donors (Lipinski definition) is 2. The molecule has 0 radical (unpaired) electrons. The predicted octanol–water partition coefficient (Wildman–Crippen LogP) is 3.19. The third-order valence-electron chi connectivity index (χ3n) is 3.26. The van der Waals surface area contributed by atoms with Gasteiger partial charge >= 0.3 is 6.18 Å². The summed E-state index contributed by atoms with van der Waals surface area (Å²) < 4.78 is 41.3. The Morgan fingerprint density at radius 3 is 2.44 bits per heavy atom. The van der Waals surface area contributed by atoms with Crippen molar-refractivity contribution in [2.45, 2.75) is 32.5 Å². The normalized spacial score (nSPS) is 12.0. The molecule has 2 N–H and O–H groups in total. The second-order valence-electron chi connectivity index (χ2n) is 6.78. The van der Waals surface area contributed by atoms with Crippen molar-refractivity contribution < 1.29 is 22.8 Å². The zero-order valence-corrected chi connectivity index (χ0v) is 15.6. The van der Waals surface area contributed by atoms with Crippen LogP contribution in [0.2, 0.25) is 5.02 Å². The van der Waals surface area contributed by atoms with E-state index in [0.717, 1.165) is 6.20 Å². The van der Waals surface area contributed by atoms with Crippen molar-refractivity contribution in [1.29, 1.82) is 0 Å². The molecule has 0 aliphatic carbocycles. The molecule has 146 valence electrons. The average molecular weight is 403 g/mol. The predicted molar refractivity (Wildman–Crippen MR) is 93.8 cm³/mol. The highest BCUT2D eigenvalue weighted by Gasteiger charge is 2.40. The van der Waals surface area contributed by atoms with Gasteiger partial charge in [0.05, 0.1) is 24.0 Å². The Morgan fingerprint density at radius 2 is 1.89 bits per heavy atom. The van der Waals surface area contributed by atoms with Gasteiger partial charge in [0.2, 0.25) is 5.91 Å². The summed E-state index contributed by atoms with van der Waals surface area (Å²) in [6.45, 7) is 4.76. The van der Waals surface area contributed by atoms with Crippen molar-refractivity contribution >= 4 is 23.4 Å². The van der Waals surface area contributed by atoms with E-state index in [4.69, 9.17) is 11.6 Å². The Kier molecular flexibility index (Phi) is 5.84. The van der Waals surface area contributed by atoms with Crippen LogP contribution >= 0.6 is 11.6 Å². The standard InChI is InChI=1S/C17H18ClF3N4O2/c1-16(2,3)24-13(26)9-22-15(27)12-8-23-25(14(12)17(19,20)21)11-6-4-5-10(18)7-11/h4-8H,9H2,1-3H3,(H,22,27)(H,24,26). The highest BCUT2D eigenvalue weighted by Crippen LogP contribution is 2.34. The minimum absolute atomic E-state index is 0.0550. The van der Waals surface area contributed by atoms with Crippen LogP contribution in [0.15, 0.2) is 30.5 Å². The monoisotopic (exact) mass is 402 g/mol. The molecule has 2 aromatic rings. The minimum Gasteiger partial charge on any atom is -0.350 e. The van der Waals surface area contributed by atoms with Crippen LogP contribution in [-0.2, 0) is 11.0 Å². The molecule has 2 rings (SSSR count). The molecule has 10 heteroatoms. The number of nitrogens with one attached hydrogen (secondary N) is 2.